The number of anilines is 1. The molecule has 0 saturated carbocycles. The molecular weight excluding hydrogens is 209 g/mol. The second kappa shape index (κ2) is 8.76. The molecule has 0 unspecified atom stereocenters. The molecule has 0 aliphatic carbocycles. The van der Waals surface area contributed by atoms with Gasteiger partial charge in [0.1, 0.15) is 7.85 Å². The van der Waals surface area contributed by atoms with Crippen LogP contribution in [0.5, 0.6) is 0 Å². The first-order chi connectivity index (χ1) is 6.72. The van der Waals surface area contributed by atoms with E-state index >= 15 is 0 Å². The zero-order valence-electron chi connectivity index (χ0n) is 9.12. The Hall–Kier alpha value is -1.53. The lowest BCUT2D eigenvalue weighted by molar-refractivity contribution is -0.140. The summed E-state index contributed by atoms with van der Waals surface area (Å²) < 4.78 is 4.51. The van der Waals surface area contributed by atoms with E-state index in [9.17, 15) is 4.79 Å². The van der Waals surface area contributed by atoms with Crippen LogP contribution in [0.2, 0.25) is 0 Å². The van der Waals surface area contributed by atoms with Gasteiger partial charge in [0.05, 0.1) is 13.5 Å². The van der Waals surface area contributed by atoms with Gasteiger partial charge < -0.3 is 21.0 Å². The summed E-state index contributed by atoms with van der Waals surface area (Å²) in [6, 6.07) is 7.38. The topological polar surface area (TPSA) is 101 Å². The fourth-order valence-corrected chi connectivity index (χ4v) is 1.06. The molecule has 6 heteroatoms. The van der Waals surface area contributed by atoms with E-state index in [-0.39, 0.29) is 16.9 Å². The molecule has 88 valence electrons. The molecule has 0 amide bonds. The molecule has 0 aliphatic rings. The third kappa shape index (κ3) is 6.05. The Balaban J connectivity index is 0. The standard InChI is InChI=1S/C10H12BNO2.2H2O/c1-14-10(13)5-6-12-9-4-2-3-8(11)7-9;;/h2-4,7,12H,5-6H2,1H3;2*1H2. The van der Waals surface area contributed by atoms with Gasteiger partial charge in [-0.05, 0) is 12.1 Å². The average molecular weight is 225 g/mol. The first-order valence-electron chi connectivity index (χ1n) is 4.38. The van der Waals surface area contributed by atoms with E-state index in [4.69, 9.17) is 7.85 Å². The maximum absolute atomic E-state index is 10.8. The van der Waals surface area contributed by atoms with Crippen molar-refractivity contribution in [2.24, 2.45) is 0 Å². The quantitative estimate of drug-likeness (QED) is 0.514. The molecule has 0 spiro atoms. The molecule has 2 radical (unpaired) electrons. The van der Waals surface area contributed by atoms with E-state index in [0.717, 1.165) is 5.69 Å². The maximum atomic E-state index is 10.8. The number of carbonyl (C=O) groups excluding carboxylic acids is 1. The van der Waals surface area contributed by atoms with Crippen molar-refractivity contribution in [2.45, 2.75) is 6.42 Å². The second-order valence-electron chi connectivity index (χ2n) is 2.88. The molecule has 0 aliphatic heterocycles. The number of rotatable bonds is 4. The fourth-order valence-electron chi connectivity index (χ4n) is 1.06. The van der Waals surface area contributed by atoms with Crippen molar-refractivity contribution in [1.82, 2.24) is 0 Å². The van der Waals surface area contributed by atoms with Gasteiger partial charge in [-0.1, -0.05) is 17.6 Å². The number of nitrogens with one attached hydrogen (secondary N) is 1. The highest BCUT2D eigenvalue weighted by molar-refractivity contribution is 6.32. The largest absolute Gasteiger partial charge is 0.469 e. The van der Waals surface area contributed by atoms with Crippen LogP contribution in [-0.2, 0) is 9.53 Å². The second-order valence-corrected chi connectivity index (χ2v) is 2.88. The maximum Gasteiger partial charge on any atom is 0.307 e. The predicted octanol–water partition coefficient (Wildman–Crippen LogP) is -1.19. The van der Waals surface area contributed by atoms with E-state index < -0.39 is 0 Å². The van der Waals surface area contributed by atoms with Crippen LogP contribution >= 0.6 is 0 Å². The molecule has 5 N–H and O–H groups in total. The molecule has 0 fully saturated rings. The van der Waals surface area contributed by atoms with Gasteiger partial charge in [0, 0.05) is 12.2 Å². The fraction of sp³-hybridized carbons (Fsp3) is 0.300. The predicted molar refractivity (Wildman–Crippen MR) is 64.2 cm³/mol. The Morgan fingerprint density at radius 3 is 2.69 bits per heavy atom. The van der Waals surface area contributed by atoms with Crippen molar-refractivity contribution in [2.75, 3.05) is 19.0 Å². The normalized spacial score (nSPS) is 8.31. The van der Waals surface area contributed by atoms with Crippen LogP contribution in [0.25, 0.3) is 0 Å². The summed E-state index contributed by atoms with van der Waals surface area (Å²) in [5, 5.41) is 3.07. The number of methoxy groups -OCH3 is 1. The molecule has 0 atom stereocenters. The number of ether oxygens (including phenoxy) is 1. The van der Waals surface area contributed by atoms with Gasteiger partial charge in [-0.25, -0.2) is 0 Å². The summed E-state index contributed by atoms with van der Waals surface area (Å²) in [4.78, 5) is 10.8. The van der Waals surface area contributed by atoms with Gasteiger partial charge in [-0.2, -0.15) is 0 Å². The summed E-state index contributed by atoms with van der Waals surface area (Å²) in [7, 11) is 6.96. The van der Waals surface area contributed by atoms with Crippen LogP contribution < -0.4 is 10.8 Å². The van der Waals surface area contributed by atoms with Crippen LogP contribution in [0.3, 0.4) is 0 Å². The SMILES string of the molecule is O.O.[B]c1cccc(NCCC(=O)OC)c1. The Morgan fingerprint density at radius 1 is 1.44 bits per heavy atom. The summed E-state index contributed by atoms with van der Waals surface area (Å²) in [5.74, 6) is -0.221. The van der Waals surface area contributed by atoms with Crippen molar-refractivity contribution in [1.29, 1.82) is 0 Å². The van der Waals surface area contributed by atoms with E-state index in [1.165, 1.54) is 7.11 Å². The Labute approximate surface area is 95.8 Å². The first kappa shape index (κ1) is 16.9. The summed E-state index contributed by atoms with van der Waals surface area (Å²) >= 11 is 0. The molecule has 1 aromatic rings. The van der Waals surface area contributed by atoms with Crippen molar-refractivity contribution < 1.29 is 20.5 Å². The summed E-state index contributed by atoms with van der Waals surface area (Å²) in [6.45, 7) is 0.552. The minimum Gasteiger partial charge on any atom is -0.469 e. The lowest BCUT2D eigenvalue weighted by Gasteiger charge is -2.05. The highest BCUT2D eigenvalue weighted by atomic mass is 16.5. The number of hydrogen-bond donors (Lipinski definition) is 1. The Kier molecular flexibility index (Phi) is 9.24. The van der Waals surface area contributed by atoms with Gasteiger partial charge in [-0.15, -0.1) is 0 Å². The first-order valence-corrected chi connectivity index (χ1v) is 4.38. The number of benzene rings is 1. The lowest BCUT2D eigenvalue weighted by atomic mass is 9.96. The van der Waals surface area contributed by atoms with Crippen LogP contribution in [0.15, 0.2) is 24.3 Å². The molecule has 16 heavy (non-hydrogen) atoms. The molecule has 0 heterocycles. The molecule has 5 nitrogen and oxygen atoms in total. The number of carbonyl (C=O) groups is 1. The van der Waals surface area contributed by atoms with E-state index in [1.807, 2.05) is 24.3 Å². The molecule has 0 aromatic heterocycles. The van der Waals surface area contributed by atoms with Crippen LogP contribution in [-0.4, -0.2) is 38.4 Å². The average Bonchev–Trinajstić information content (AvgIpc) is 2.17. The van der Waals surface area contributed by atoms with E-state index in [1.54, 1.807) is 0 Å². The highest BCUT2D eigenvalue weighted by Crippen LogP contribution is 2.02. The van der Waals surface area contributed by atoms with E-state index in [0.29, 0.717) is 18.4 Å². The van der Waals surface area contributed by atoms with Crippen LogP contribution in [0.4, 0.5) is 5.69 Å². The van der Waals surface area contributed by atoms with Gasteiger partial charge >= 0.3 is 5.97 Å². The Bertz CT molecular complexity index is 319. The number of esters is 1. The zero-order valence-corrected chi connectivity index (χ0v) is 9.12. The van der Waals surface area contributed by atoms with Gasteiger partial charge in [0.15, 0.2) is 0 Å². The van der Waals surface area contributed by atoms with E-state index in [2.05, 4.69) is 10.1 Å². The van der Waals surface area contributed by atoms with Gasteiger partial charge in [0.2, 0.25) is 0 Å². The zero-order chi connectivity index (χ0) is 10.4. The molecule has 0 saturated heterocycles. The minimum atomic E-state index is -0.221. The van der Waals surface area contributed by atoms with Crippen molar-refractivity contribution in [3.63, 3.8) is 0 Å². The van der Waals surface area contributed by atoms with Gasteiger partial charge in [-0.3, -0.25) is 4.79 Å². The molecule has 1 rings (SSSR count). The third-order valence-electron chi connectivity index (χ3n) is 1.77. The number of hydrogen-bond acceptors (Lipinski definition) is 3. The molecular formula is C10H16BNO4. The molecule has 1 aromatic carbocycles. The Morgan fingerprint density at radius 2 is 2.12 bits per heavy atom. The minimum absolute atomic E-state index is 0. The van der Waals surface area contributed by atoms with Crippen molar-refractivity contribution in [3.8, 4) is 0 Å². The summed E-state index contributed by atoms with van der Waals surface area (Å²) in [5.41, 5.74) is 1.61. The van der Waals surface area contributed by atoms with Crippen LogP contribution in [0, 0.1) is 0 Å². The van der Waals surface area contributed by atoms with Gasteiger partial charge in [0.25, 0.3) is 0 Å². The van der Waals surface area contributed by atoms with Crippen molar-refractivity contribution in [3.05, 3.63) is 24.3 Å². The van der Waals surface area contributed by atoms with Crippen molar-refractivity contribution >= 4 is 25.0 Å². The summed E-state index contributed by atoms with van der Waals surface area (Å²) in [6.07, 6.45) is 0.352. The molecule has 0 bridgehead atoms. The smallest absolute Gasteiger partial charge is 0.307 e. The third-order valence-corrected chi connectivity index (χ3v) is 1.77. The van der Waals surface area contributed by atoms with Crippen LogP contribution in [0.1, 0.15) is 6.42 Å². The lowest BCUT2D eigenvalue weighted by Crippen LogP contribution is -2.11. The monoisotopic (exact) mass is 225 g/mol. The highest BCUT2D eigenvalue weighted by Gasteiger charge is 1.98.